The molecule has 0 unspecified atom stereocenters. The fraction of sp³-hybridized carbons (Fsp3) is 0.176. The largest absolute Gasteiger partial charge is 0.508 e. The second-order valence-electron chi connectivity index (χ2n) is 5.19. The first-order valence-electron chi connectivity index (χ1n) is 7.51. The lowest BCUT2D eigenvalue weighted by atomic mass is 10.0. The molecule has 1 atom stereocenters. The number of fused-ring (bicyclic) bond motifs is 1. The van der Waals surface area contributed by atoms with E-state index in [1.807, 2.05) is 6.07 Å². The number of rotatable bonds is 3. The molecule has 0 spiro atoms. The lowest BCUT2D eigenvalue weighted by Gasteiger charge is -2.37. The summed E-state index contributed by atoms with van der Waals surface area (Å²) in [7, 11) is 0. The Labute approximate surface area is 138 Å². The molecule has 0 aliphatic carbocycles. The van der Waals surface area contributed by atoms with E-state index in [9.17, 15) is 14.7 Å². The molecule has 0 fully saturated rings. The van der Waals surface area contributed by atoms with E-state index >= 15 is 0 Å². The molecular formula is C17H17N3O4. The van der Waals surface area contributed by atoms with Crippen molar-refractivity contribution in [2.24, 2.45) is 0 Å². The van der Waals surface area contributed by atoms with E-state index in [-0.39, 0.29) is 18.3 Å². The molecule has 3 rings (SSSR count). The molecule has 0 aromatic heterocycles. The Balaban J connectivity index is 2.00. The van der Waals surface area contributed by atoms with Gasteiger partial charge < -0.3 is 15.2 Å². The summed E-state index contributed by atoms with van der Waals surface area (Å²) in [5.41, 5.74) is 4.16. The zero-order chi connectivity index (χ0) is 17.1. The van der Waals surface area contributed by atoms with E-state index < -0.39 is 12.3 Å². The molecule has 2 amide bonds. The average molecular weight is 327 g/mol. The van der Waals surface area contributed by atoms with Crippen molar-refractivity contribution < 1.29 is 19.4 Å². The maximum Gasteiger partial charge on any atom is 0.426 e. The Hall–Kier alpha value is -3.22. The van der Waals surface area contributed by atoms with E-state index in [4.69, 9.17) is 4.74 Å². The number of amides is 2. The van der Waals surface area contributed by atoms with Gasteiger partial charge in [0.1, 0.15) is 11.9 Å². The molecule has 124 valence electrons. The van der Waals surface area contributed by atoms with Crippen molar-refractivity contribution in [1.82, 2.24) is 10.4 Å². The van der Waals surface area contributed by atoms with Crippen LogP contribution in [-0.4, -0.2) is 28.7 Å². The highest BCUT2D eigenvalue weighted by Crippen LogP contribution is 2.32. The van der Waals surface area contributed by atoms with Gasteiger partial charge in [-0.25, -0.2) is 15.2 Å². The lowest BCUT2D eigenvalue weighted by molar-refractivity contribution is 0.0506. The van der Waals surface area contributed by atoms with Gasteiger partial charge in [0.05, 0.1) is 12.2 Å². The van der Waals surface area contributed by atoms with E-state index in [0.717, 1.165) is 5.01 Å². The van der Waals surface area contributed by atoms with Crippen LogP contribution in [0, 0.1) is 0 Å². The van der Waals surface area contributed by atoms with Gasteiger partial charge in [-0.15, -0.1) is 0 Å². The predicted octanol–water partition coefficient (Wildman–Crippen LogP) is 2.62. The SMILES string of the molecule is CCOC(=O)NN1C(=O)c2ccccc2N[C@H]1c1cccc(O)c1. The predicted molar refractivity (Wildman–Crippen MR) is 87.2 cm³/mol. The van der Waals surface area contributed by atoms with Crippen molar-refractivity contribution in [2.75, 3.05) is 11.9 Å². The maximum absolute atomic E-state index is 12.8. The average Bonchev–Trinajstić information content (AvgIpc) is 2.57. The topological polar surface area (TPSA) is 90.9 Å². The highest BCUT2D eigenvalue weighted by Gasteiger charge is 2.34. The van der Waals surface area contributed by atoms with Gasteiger partial charge in [-0.2, -0.15) is 0 Å². The Morgan fingerprint density at radius 1 is 1.29 bits per heavy atom. The minimum Gasteiger partial charge on any atom is -0.508 e. The number of phenols is 1. The highest BCUT2D eigenvalue weighted by molar-refractivity contribution is 6.02. The van der Waals surface area contributed by atoms with Crippen molar-refractivity contribution >= 4 is 17.7 Å². The fourth-order valence-corrected chi connectivity index (χ4v) is 2.56. The van der Waals surface area contributed by atoms with Crippen molar-refractivity contribution in [3.05, 3.63) is 59.7 Å². The molecule has 2 aromatic carbocycles. The van der Waals surface area contributed by atoms with Crippen LogP contribution in [0.3, 0.4) is 0 Å². The van der Waals surface area contributed by atoms with Gasteiger partial charge in [-0.1, -0.05) is 24.3 Å². The van der Waals surface area contributed by atoms with Crippen LogP contribution < -0.4 is 10.7 Å². The fourth-order valence-electron chi connectivity index (χ4n) is 2.56. The third kappa shape index (κ3) is 2.96. The molecule has 0 saturated heterocycles. The van der Waals surface area contributed by atoms with Crippen molar-refractivity contribution in [2.45, 2.75) is 13.1 Å². The number of para-hydroxylation sites is 1. The smallest absolute Gasteiger partial charge is 0.426 e. The normalized spacial score (nSPS) is 16.1. The number of carbonyl (C=O) groups is 2. The summed E-state index contributed by atoms with van der Waals surface area (Å²) < 4.78 is 4.87. The third-order valence-corrected chi connectivity index (χ3v) is 3.60. The number of phenolic OH excluding ortho intramolecular Hbond substituents is 1. The van der Waals surface area contributed by atoms with Gasteiger partial charge in [0.15, 0.2) is 0 Å². The molecule has 1 aliphatic rings. The minimum absolute atomic E-state index is 0.0664. The van der Waals surface area contributed by atoms with E-state index in [1.165, 1.54) is 12.1 Å². The third-order valence-electron chi connectivity index (χ3n) is 3.60. The van der Waals surface area contributed by atoms with Gasteiger partial charge in [0.25, 0.3) is 5.91 Å². The second-order valence-corrected chi connectivity index (χ2v) is 5.19. The Kier molecular flexibility index (Phi) is 4.24. The number of hydrazine groups is 1. The maximum atomic E-state index is 12.8. The molecule has 1 aliphatic heterocycles. The van der Waals surface area contributed by atoms with E-state index in [1.54, 1.807) is 37.3 Å². The second kappa shape index (κ2) is 6.49. The van der Waals surface area contributed by atoms with Crippen LogP contribution in [0.4, 0.5) is 10.5 Å². The van der Waals surface area contributed by atoms with Gasteiger partial charge >= 0.3 is 6.09 Å². The summed E-state index contributed by atoms with van der Waals surface area (Å²) in [5.74, 6) is -0.303. The molecular weight excluding hydrogens is 310 g/mol. The van der Waals surface area contributed by atoms with Gasteiger partial charge in [0.2, 0.25) is 0 Å². The van der Waals surface area contributed by atoms with Gasteiger partial charge in [-0.05, 0) is 31.2 Å². The van der Waals surface area contributed by atoms with Gasteiger partial charge in [0, 0.05) is 11.3 Å². The van der Waals surface area contributed by atoms with Crippen LogP contribution in [0.25, 0.3) is 0 Å². The van der Waals surface area contributed by atoms with Crippen molar-refractivity contribution in [1.29, 1.82) is 0 Å². The molecule has 0 radical (unpaired) electrons. The summed E-state index contributed by atoms with van der Waals surface area (Å²) in [4.78, 5) is 24.6. The summed E-state index contributed by atoms with van der Waals surface area (Å²) >= 11 is 0. The summed E-state index contributed by atoms with van der Waals surface area (Å²) in [6, 6.07) is 13.5. The van der Waals surface area contributed by atoms with Crippen LogP contribution in [0.5, 0.6) is 5.75 Å². The lowest BCUT2D eigenvalue weighted by Crippen LogP contribution is -2.53. The number of nitrogens with zero attached hydrogens (tertiary/aromatic N) is 1. The number of benzene rings is 2. The zero-order valence-electron chi connectivity index (χ0n) is 13.0. The Morgan fingerprint density at radius 2 is 2.08 bits per heavy atom. The molecule has 1 heterocycles. The molecule has 7 nitrogen and oxygen atoms in total. The van der Waals surface area contributed by atoms with Crippen LogP contribution >= 0.6 is 0 Å². The zero-order valence-corrected chi connectivity index (χ0v) is 13.0. The number of aromatic hydroxyl groups is 1. The summed E-state index contributed by atoms with van der Waals surface area (Å²) in [5, 5.41) is 14.1. The first-order chi connectivity index (χ1) is 11.6. The standard InChI is InChI=1S/C17H17N3O4/c1-2-24-17(23)19-20-15(11-6-5-7-12(21)10-11)18-14-9-4-3-8-13(14)16(20)22/h3-10,15,18,21H,2H2,1H3,(H,19,23)/t15-/m1/s1. The van der Waals surface area contributed by atoms with E-state index in [0.29, 0.717) is 16.8 Å². The van der Waals surface area contributed by atoms with Crippen LogP contribution in [-0.2, 0) is 4.74 Å². The highest BCUT2D eigenvalue weighted by atomic mass is 16.6. The molecule has 2 aromatic rings. The molecule has 24 heavy (non-hydrogen) atoms. The minimum atomic E-state index is -0.725. The first-order valence-corrected chi connectivity index (χ1v) is 7.51. The van der Waals surface area contributed by atoms with E-state index in [2.05, 4.69) is 10.7 Å². The molecule has 7 heteroatoms. The van der Waals surface area contributed by atoms with Gasteiger partial charge in [-0.3, -0.25) is 4.79 Å². The number of anilines is 1. The quantitative estimate of drug-likeness (QED) is 0.806. The Bertz CT molecular complexity index is 778. The van der Waals surface area contributed by atoms with Crippen LogP contribution in [0.15, 0.2) is 48.5 Å². The number of hydrogen-bond donors (Lipinski definition) is 3. The van der Waals surface area contributed by atoms with Crippen molar-refractivity contribution in [3.8, 4) is 5.75 Å². The van der Waals surface area contributed by atoms with Crippen LogP contribution in [0.2, 0.25) is 0 Å². The number of nitrogens with one attached hydrogen (secondary N) is 2. The van der Waals surface area contributed by atoms with Crippen molar-refractivity contribution in [3.63, 3.8) is 0 Å². The number of carbonyl (C=O) groups excluding carboxylic acids is 2. The van der Waals surface area contributed by atoms with Crippen LogP contribution in [0.1, 0.15) is 29.0 Å². The summed E-state index contributed by atoms with van der Waals surface area (Å²) in [6.45, 7) is 1.87. The summed E-state index contributed by atoms with van der Waals surface area (Å²) in [6.07, 6.45) is -1.40. The monoisotopic (exact) mass is 327 g/mol. The first kappa shape index (κ1) is 15.7. The molecule has 3 N–H and O–H groups in total. The molecule has 0 saturated carbocycles. The number of hydrogen-bond acceptors (Lipinski definition) is 5. The molecule has 0 bridgehead atoms. The number of ether oxygens (including phenoxy) is 1. The Morgan fingerprint density at radius 3 is 2.83 bits per heavy atom.